The van der Waals surface area contributed by atoms with Crippen molar-refractivity contribution in [2.24, 2.45) is 0 Å². The standard InChI is InChI=1S/C11H15NO3S/c1-3-8(7-10(13)15-2)12-11(14)9-5-4-6-16-9/h4-6,8H,3,7H2,1-2H3,(H,12,14). The number of methoxy groups -OCH3 is 1. The molecule has 1 unspecified atom stereocenters. The van der Waals surface area contributed by atoms with E-state index in [9.17, 15) is 9.59 Å². The minimum atomic E-state index is -0.307. The fourth-order valence-corrected chi connectivity index (χ4v) is 1.87. The van der Waals surface area contributed by atoms with Crippen molar-refractivity contribution in [2.45, 2.75) is 25.8 Å². The summed E-state index contributed by atoms with van der Waals surface area (Å²) in [7, 11) is 1.34. The molecular formula is C11H15NO3S. The first-order chi connectivity index (χ1) is 7.67. The predicted molar refractivity (Wildman–Crippen MR) is 62.5 cm³/mol. The van der Waals surface area contributed by atoms with Gasteiger partial charge in [-0.25, -0.2) is 0 Å². The van der Waals surface area contributed by atoms with Crippen molar-refractivity contribution in [3.8, 4) is 0 Å². The second kappa shape index (κ2) is 6.27. The quantitative estimate of drug-likeness (QED) is 0.800. The third-order valence-corrected chi connectivity index (χ3v) is 3.08. The van der Waals surface area contributed by atoms with Crippen molar-refractivity contribution >= 4 is 23.2 Å². The molecular weight excluding hydrogens is 226 g/mol. The maximum Gasteiger partial charge on any atom is 0.307 e. The van der Waals surface area contributed by atoms with Crippen molar-refractivity contribution in [3.05, 3.63) is 22.4 Å². The summed E-state index contributed by atoms with van der Waals surface area (Å²) in [5, 5.41) is 4.65. The highest BCUT2D eigenvalue weighted by molar-refractivity contribution is 7.12. The third-order valence-electron chi connectivity index (χ3n) is 2.21. The van der Waals surface area contributed by atoms with E-state index in [1.54, 1.807) is 6.07 Å². The van der Waals surface area contributed by atoms with Crippen molar-refractivity contribution in [3.63, 3.8) is 0 Å². The molecule has 0 radical (unpaired) electrons. The minimum absolute atomic E-state index is 0.134. The van der Waals surface area contributed by atoms with Crippen LogP contribution in [0.1, 0.15) is 29.4 Å². The van der Waals surface area contributed by atoms with Crippen LogP contribution in [0.2, 0.25) is 0 Å². The lowest BCUT2D eigenvalue weighted by atomic mass is 10.1. The molecule has 16 heavy (non-hydrogen) atoms. The summed E-state index contributed by atoms with van der Waals surface area (Å²) >= 11 is 1.38. The maximum atomic E-state index is 11.7. The van der Waals surface area contributed by atoms with Crippen molar-refractivity contribution in [2.75, 3.05) is 7.11 Å². The Labute approximate surface area is 98.6 Å². The fraction of sp³-hybridized carbons (Fsp3) is 0.455. The summed E-state index contributed by atoms with van der Waals surface area (Å²) in [5.74, 6) is -0.441. The van der Waals surface area contributed by atoms with Crippen molar-refractivity contribution in [1.29, 1.82) is 0 Å². The van der Waals surface area contributed by atoms with Crippen LogP contribution >= 0.6 is 11.3 Å². The minimum Gasteiger partial charge on any atom is -0.469 e. The monoisotopic (exact) mass is 241 g/mol. The van der Waals surface area contributed by atoms with E-state index in [1.165, 1.54) is 18.4 Å². The van der Waals surface area contributed by atoms with Crippen LogP contribution in [0, 0.1) is 0 Å². The molecule has 0 aliphatic carbocycles. The highest BCUT2D eigenvalue weighted by Crippen LogP contribution is 2.09. The Morgan fingerprint density at radius 1 is 1.56 bits per heavy atom. The Kier molecular flexibility index (Phi) is 4.98. The molecule has 1 heterocycles. The zero-order valence-corrected chi connectivity index (χ0v) is 10.2. The number of thiophene rings is 1. The average molecular weight is 241 g/mol. The van der Waals surface area contributed by atoms with E-state index >= 15 is 0 Å². The van der Waals surface area contributed by atoms with E-state index in [0.717, 1.165) is 0 Å². The number of ether oxygens (including phenoxy) is 1. The van der Waals surface area contributed by atoms with Gasteiger partial charge in [-0.3, -0.25) is 9.59 Å². The number of esters is 1. The highest BCUT2D eigenvalue weighted by Gasteiger charge is 2.16. The normalized spacial score (nSPS) is 11.9. The van der Waals surface area contributed by atoms with Gasteiger partial charge in [0.05, 0.1) is 18.4 Å². The van der Waals surface area contributed by atoms with Crippen LogP contribution < -0.4 is 5.32 Å². The molecule has 1 atom stereocenters. The molecule has 5 heteroatoms. The van der Waals surface area contributed by atoms with Gasteiger partial charge in [-0.1, -0.05) is 13.0 Å². The summed E-state index contributed by atoms with van der Waals surface area (Å²) in [6.45, 7) is 1.92. The van der Waals surface area contributed by atoms with E-state index < -0.39 is 0 Å². The van der Waals surface area contributed by atoms with Crippen LogP contribution in [0.4, 0.5) is 0 Å². The van der Waals surface area contributed by atoms with E-state index in [1.807, 2.05) is 18.4 Å². The molecule has 0 aromatic carbocycles. The first-order valence-electron chi connectivity index (χ1n) is 5.08. The lowest BCUT2D eigenvalue weighted by Gasteiger charge is -2.14. The predicted octanol–water partition coefficient (Wildman–Crippen LogP) is 1.82. The molecule has 0 spiro atoms. The number of carbonyl (C=O) groups is 2. The number of carbonyl (C=O) groups excluding carboxylic acids is 2. The summed E-state index contributed by atoms with van der Waals surface area (Å²) in [6.07, 6.45) is 0.913. The molecule has 1 aromatic rings. The van der Waals surface area contributed by atoms with Gasteiger partial charge in [0.25, 0.3) is 5.91 Å². The largest absolute Gasteiger partial charge is 0.469 e. The Morgan fingerprint density at radius 3 is 2.81 bits per heavy atom. The first-order valence-corrected chi connectivity index (χ1v) is 5.96. The number of hydrogen-bond donors (Lipinski definition) is 1. The average Bonchev–Trinajstić information content (AvgIpc) is 2.81. The SMILES string of the molecule is CCC(CC(=O)OC)NC(=O)c1cccs1. The van der Waals surface area contributed by atoms with Crippen LogP contribution in [-0.2, 0) is 9.53 Å². The smallest absolute Gasteiger partial charge is 0.307 e. The van der Waals surface area contributed by atoms with Gasteiger partial charge in [0.15, 0.2) is 0 Å². The van der Waals surface area contributed by atoms with Gasteiger partial charge < -0.3 is 10.1 Å². The number of amides is 1. The van der Waals surface area contributed by atoms with E-state index in [2.05, 4.69) is 10.1 Å². The van der Waals surface area contributed by atoms with Crippen molar-refractivity contribution < 1.29 is 14.3 Å². The van der Waals surface area contributed by atoms with Gasteiger partial charge in [-0.2, -0.15) is 0 Å². The van der Waals surface area contributed by atoms with Gasteiger partial charge >= 0.3 is 5.97 Å². The topological polar surface area (TPSA) is 55.4 Å². The Bertz CT molecular complexity index is 348. The number of nitrogens with one attached hydrogen (secondary N) is 1. The molecule has 0 bridgehead atoms. The molecule has 1 N–H and O–H groups in total. The fourth-order valence-electron chi connectivity index (χ4n) is 1.25. The summed E-state index contributed by atoms with van der Waals surface area (Å²) in [5.41, 5.74) is 0. The summed E-state index contributed by atoms with van der Waals surface area (Å²) < 4.78 is 4.57. The molecule has 0 aliphatic heterocycles. The van der Waals surface area contributed by atoms with Gasteiger partial charge in [-0.15, -0.1) is 11.3 Å². The van der Waals surface area contributed by atoms with Gasteiger partial charge in [0, 0.05) is 6.04 Å². The zero-order valence-electron chi connectivity index (χ0n) is 9.36. The van der Waals surface area contributed by atoms with Crippen LogP contribution in [0.5, 0.6) is 0 Å². The third kappa shape index (κ3) is 3.66. The van der Waals surface area contributed by atoms with Crippen molar-refractivity contribution in [1.82, 2.24) is 5.32 Å². The molecule has 4 nitrogen and oxygen atoms in total. The van der Waals surface area contributed by atoms with E-state index in [4.69, 9.17) is 0 Å². The number of hydrogen-bond acceptors (Lipinski definition) is 4. The molecule has 88 valence electrons. The van der Waals surface area contributed by atoms with E-state index in [-0.39, 0.29) is 24.3 Å². The Hall–Kier alpha value is -1.36. The molecule has 0 saturated heterocycles. The van der Waals surface area contributed by atoms with E-state index in [0.29, 0.717) is 11.3 Å². The Morgan fingerprint density at radius 2 is 2.31 bits per heavy atom. The second-order valence-corrected chi connectivity index (χ2v) is 4.28. The second-order valence-electron chi connectivity index (χ2n) is 3.34. The van der Waals surface area contributed by atoms with Crippen LogP contribution in [0.3, 0.4) is 0 Å². The summed E-state index contributed by atoms with van der Waals surface area (Å²) in [6, 6.07) is 3.41. The van der Waals surface area contributed by atoms with Gasteiger partial charge in [0.1, 0.15) is 0 Å². The maximum absolute atomic E-state index is 11.7. The van der Waals surface area contributed by atoms with Gasteiger partial charge in [-0.05, 0) is 17.9 Å². The molecule has 1 amide bonds. The van der Waals surface area contributed by atoms with Gasteiger partial charge in [0.2, 0.25) is 0 Å². The van der Waals surface area contributed by atoms with Crippen LogP contribution in [-0.4, -0.2) is 25.0 Å². The Balaban J connectivity index is 2.50. The molecule has 0 saturated carbocycles. The summed E-state index contributed by atoms with van der Waals surface area (Å²) in [4.78, 5) is 23.4. The first kappa shape index (κ1) is 12.7. The van der Waals surface area contributed by atoms with Crippen LogP contribution in [0.25, 0.3) is 0 Å². The molecule has 1 aromatic heterocycles. The van der Waals surface area contributed by atoms with Crippen LogP contribution in [0.15, 0.2) is 17.5 Å². The lowest BCUT2D eigenvalue weighted by molar-refractivity contribution is -0.141. The molecule has 0 aliphatic rings. The highest BCUT2D eigenvalue weighted by atomic mass is 32.1. The number of rotatable bonds is 5. The lowest BCUT2D eigenvalue weighted by Crippen LogP contribution is -2.35. The molecule has 0 fully saturated rings. The zero-order chi connectivity index (χ0) is 12.0. The molecule has 1 rings (SSSR count).